The quantitative estimate of drug-likeness (QED) is 0.479. The van der Waals surface area contributed by atoms with E-state index in [0.29, 0.717) is 11.8 Å². The van der Waals surface area contributed by atoms with Gasteiger partial charge in [-0.05, 0) is 0 Å². The summed E-state index contributed by atoms with van der Waals surface area (Å²) in [4.78, 5) is 0. The molecule has 0 saturated carbocycles. The second-order valence-electron chi connectivity index (χ2n) is 4.82. The van der Waals surface area contributed by atoms with Crippen LogP contribution in [-0.2, 0) is 24.2 Å². The topological polar surface area (TPSA) is 0 Å². The second kappa shape index (κ2) is 13.0. The summed E-state index contributed by atoms with van der Waals surface area (Å²) < 4.78 is 3.34. The minimum atomic E-state index is 0. The third-order valence-electron chi connectivity index (χ3n) is 3.07. The molecule has 112 valence electrons. The van der Waals surface area contributed by atoms with E-state index in [2.05, 4.69) is 70.1 Å². The van der Waals surface area contributed by atoms with Gasteiger partial charge >= 0.3 is 28.4 Å². The Balaban J connectivity index is -0.000000236. The van der Waals surface area contributed by atoms with Crippen LogP contribution in [0.1, 0.15) is 41.5 Å². The van der Waals surface area contributed by atoms with Crippen molar-refractivity contribution in [1.29, 1.82) is 0 Å². The maximum absolute atomic E-state index is 3.34. The summed E-state index contributed by atoms with van der Waals surface area (Å²) in [6.45, 7) is 12.8. The van der Waals surface area contributed by atoms with Crippen LogP contribution in [0.15, 0.2) is 34.4 Å². The zero-order valence-corrected chi connectivity index (χ0v) is 17.4. The SMILES string of the molecule is CC1=[C-]C(C)C=C1C.CC1=[C-]C(C)C=C1C.Cl.Cl.[CH2]=[Zr+2]. The molecular formula is C17H26Cl2Zr. The van der Waals surface area contributed by atoms with Crippen molar-refractivity contribution in [3.05, 3.63) is 46.6 Å². The van der Waals surface area contributed by atoms with E-state index in [9.17, 15) is 0 Å². The zero-order chi connectivity index (χ0) is 14.3. The summed E-state index contributed by atoms with van der Waals surface area (Å²) in [7, 11) is 0. The van der Waals surface area contributed by atoms with E-state index in [-0.39, 0.29) is 24.8 Å². The molecule has 2 atom stereocenters. The summed E-state index contributed by atoms with van der Waals surface area (Å²) >= 11 is 1.30. The molecule has 2 aliphatic rings. The third kappa shape index (κ3) is 9.27. The van der Waals surface area contributed by atoms with Gasteiger partial charge in [0.2, 0.25) is 0 Å². The van der Waals surface area contributed by atoms with Gasteiger partial charge in [0.25, 0.3) is 0 Å². The van der Waals surface area contributed by atoms with Gasteiger partial charge < -0.3 is 0 Å². The zero-order valence-electron chi connectivity index (χ0n) is 13.3. The van der Waals surface area contributed by atoms with Crippen LogP contribution in [0.5, 0.6) is 0 Å². The van der Waals surface area contributed by atoms with E-state index < -0.39 is 0 Å². The van der Waals surface area contributed by atoms with Crippen molar-refractivity contribution in [2.24, 2.45) is 11.8 Å². The fourth-order valence-electron chi connectivity index (χ4n) is 1.99. The molecule has 0 aliphatic heterocycles. The summed E-state index contributed by atoms with van der Waals surface area (Å²) in [6, 6.07) is 0. The molecule has 0 aromatic rings. The van der Waals surface area contributed by atoms with Crippen molar-refractivity contribution >= 4 is 29.0 Å². The molecule has 0 aromatic heterocycles. The molecule has 0 amide bonds. The number of hydrogen-bond acceptors (Lipinski definition) is 0. The molecule has 0 N–H and O–H groups in total. The van der Waals surface area contributed by atoms with E-state index in [1.54, 1.807) is 0 Å². The van der Waals surface area contributed by atoms with Crippen molar-refractivity contribution in [2.75, 3.05) is 0 Å². The molecular weight excluding hydrogens is 366 g/mol. The van der Waals surface area contributed by atoms with Crippen molar-refractivity contribution in [3.8, 4) is 0 Å². The first kappa shape index (κ1) is 25.3. The summed E-state index contributed by atoms with van der Waals surface area (Å²) in [5.74, 6) is 1.10. The standard InChI is InChI=1S/2C8H11.CH2.2ClH.Zr/c2*1-6-4-7(2)8(3)5-6;;;;/h2*4,6H,1-3H3;1H2;2*1H;/q2*-1;;;;+2. The first-order chi connectivity index (χ1) is 8.40. The van der Waals surface area contributed by atoms with Gasteiger partial charge in [0.1, 0.15) is 0 Å². The molecule has 0 bridgehead atoms. The number of rotatable bonds is 0. The Morgan fingerprint density at radius 2 is 1.05 bits per heavy atom. The average molecular weight is 393 g/mol. The number of hydrogen-bond donors (Lipinski definition) is 0. The number of halogens is 2. The molecule has 2 unspecified atom stereocenters. The van der Waals surface area contributed by atoms with Crippen LogP contribution in [0, 0.1) is 24.0 Å². The van der Waals surface area contributed by atoms with E-state index >= 15 is 0 Å². The van der Waals surface area contributed by atoms with Gasteiger partial charge in [0.15, 0.2) is 0 Å². The molecule has 2 rings (SSSR count). The van der Waals surface area contributed by atoms with E-state index in [1.807, 2.05) is 0 Å². The Kier molecular flexibility index (Phi) is 16.4. The molecule has 0 radical (unpaired) electrons. The predicted octanol–water partition coefficient (Wildman–Crippen LogP) is 5.47. The normalized spacial score (nSPS) is 22.4. The van der Waals surface area contributed by atoms with Crippen molar-refractivity contribution in [1.82, 2.24) is 0 Å². The molecule has 0 spiro atoms. The molecule has 3 heteroatoms. The van der Waals surface area contributed by atoms with E-state index in [0.717, 1.165) is 0 Å². The van der Waals surface area contributed by atoms with E-state index in [1.165, 1.54) is 46.5 Å². The van der Waals surface area contributed by atoms with E-state index in [4.69, 9.17) is 0 Å². The predicted molar refractivity (Wildman–Crippen MR) is 92.3 cm³/mol. The molecule has 0 saturated heterocycles. The van der Waals surface area contributed by atoms with Gasteiger partial charge in [0.05, 0.1) is 0 Å². The summed E-state index contributed by atoms with van der Waals surface area (Å²) in [6.07, 6.45) is 11.0. The molecule has 0 heterocycles. The van der Waals surface area contributed by atoms with Crippen LogP contribution in [-0.4, -0.2) is 4.21 Å². The molecule has 0 aromatic carbocycles. The van der Waals surface area contributed by atoms with Crippen LogP contribution in [0.25, 0.3) is 0 Å². The minimum absolute atomic E-state index is 0. The Morgan fingerprint density at radius 3 is 1.10 bits per heavy atom. The molecule has 2 aliphatic carbocycles. The first-order valence-corrected chi connectivity index (χ1v) is 8.07. The van der Waals surface area contributed by atoms with Crippen molar-refractivity contribution in [2.45, 2.75) is 41.5 Å². The first-order valence-electron chi connectivity index (χ1n) is 6.33. The van der Waals surface area contributed by atoms with Gasteiger partial charge in [-0.1, -0.05) is 39.5 Å². The number of allylic oxidation sites excluding steroid dienone is 8. The summed E-state index contributed by atoms with van der Waals surface area (Å²) in [5.41, 5.74) is 5.41. The third-order valence-corrected chi connectivity index (χ3v) is 3.07. The average Bonchev–Trinajstić information content (AvgIpc) is 2.74. The molecule has 0 fully saturated rings. The van der Waals surface area contributed by atoms with Crippen LogP contribution >= 0.6 is 24.8 Å². The molecule has 0 nitrogen and oxygen atoms in total. The van der Waals surface area contributed by atoms with Gasteiger partial charge in [-0.25, -0.2) is 22.3 Å². The maximum atomic E-state index is 3.34. The van der Waals surface area contributed by atoms with Gasteiger partial charge in [-0.2, -0.15) is 12.2 Å². The Hall–Kier alpha value is 0.293. The molecule has 20 heavy (non-hydrogen) atoms. The van der Waals surface area contributed by atoms with Gasteiger partial charge in [0, 0.05) is 0 Å². The van der Waals surface area contributed by atoms with Crippen LogP contribution in [0.2, 0.25) is 0 Å². The van der Waals surface area contributed by atoms with Gasteiger partial charge in [-0.15, -0.1) is 38.7 Å². The Bertz CT molecular complexity index is 329. The fourth-order valence-corrected chi connectivity index (χ4v) is 1.99. The van der Waals surface area contributed by atoms with Crippen LogP contribution in [0.3, 0.4) is 0 Å². The van der Waals surface area contributed by atoms with Crippen molar-refractivity contribution < 1.29 is 24.2 Å². The summed E-state index contributed by atoms with van der Waals surface area (Å²) in [5, 5.41) is 0. The van der Waals surface area contributed by atoms with Crippen LogP contribution in [0.4, 0.5) is 0 Å². The van der Waals surface area contributed by atoms with Crippen molar-refractivity contribution in [3.63, 3.8) is 0 Å². The Labute approximate surface area is 152 Å². The van der Waals surface area contributed by atoms with Crippen LogP contribution < -0.4 is 0 Å². The van der Waals surface area contributed by atoms with Gasteiger partial charge in [-0.3, -0.25) is 12.2 Å². The monoisotopic (exact) mass is 390 g/mol. The fraction of sp³-hybridized carbons (Fsp3) is 0.471. The second-order valence-corrected chi connectivity index (χ2v) is 4.82. The Morgan fingerprint density at radius 1 is 0.800 bits per heavy atom.